The quantitative estimate of drug-likeness (QED) is 0.788. The lowest BCUT2D eigenvalue weighted by atomic mass is 10.1. The largest absolute Gasteiger partial charge is 0.353 e. The summed E-state index contributed by atoms with van der Waals surface area (Å²) >= 11 is 0. The van der Waals surface area contributed by atoms with Gasteiger partial charge in [0, 0.05) is 6.54 Å². The van der Waals surface area contributed by atoms with E-state index in [2.05, 4.69) is 5.32 Å². The van der Waals surface area contributed by atoms with Crippen molar-refractivity contribution in [3.8, 4) is 6.07 Å². The van der Waals surface area contributed by atoms with Gasteiger partial charge in [0.15, 0.2) is 0 Å². The Labute approximate surface area is 95.1 Å². The van der Waals surface area contributed by atoms with Gasteiger partial charge in [-0.1, -0.05) is 30.3 Å². The lowest BCUT2D eigenvalue weighted by Crippen LogP contribution is -2.36. The zero-order valence-corrected chi connectivity index (χ0v) is 9.18. The van der Waals surface area contributed by atoms with Crippen LogP contribution in [-0.2, 0) is 4.79 Å². The van der Waals surface area contributed by atoms with Gasteiger partial charge < -0.3 is 11.1 Å². The van der Waals surface area contributed by atoms with E-state index in [1.54, 1.807) is 19.1 Å². The minimum Gasteiger partial charge on any atom is -0.353 e. The second-order valence-corrected chi connectivity index (χ2v) is 3.66. The molecule has 4 nitrogen and oxygen atoms in total. The van der Waals surface area contributed by atoms with Crippen LogP contribution in [0.4, 0.5) is 0 Å². The van der Waals surface area contributed by atoms with Crippen LogP contribution in [0.25, 0.3) is 0 Å². The summed E-state index contributed by atoms with van der Waals surface area (Å²) < 4.78 is 0. The maximum Gasteiger partial charge on any atom is 0.241 e. The van der Waals surface area contributed by atoms with Gasteiger partial charge in [0.25, 0.3) is 0 Å². The van der Waals surface area contributed by atoms with Crippen molar-refractivity contribution in [3.05, 3.63) is 35.9 Å². The minimum absolute atomic E-state index is 0.202. The summed E-state index contributed by atoms with van der Waals surface area (Å²) in [6.07, 6.45) is 0. The summed E-state index contributed by atoms with van der Waals surface area (Å²) in [6, 6.07) is 10.5. The Morgan fingerprint density at radius 1 is 1.50 bits per heavy atom. The van der Waals surface area contributed by atoms with Crippen LogP contribution in [0.15, 0.2) is 30.3 Å². The van der Waals surface area contributed by atoms with E-state index in [1.807, 2.05) is 24.3 Å². The van der Waals surface area contributed by atoms with E-state index in [0.717, 1.165) is 5.56 Å². The van der Waals surface area contributed by atoms with Gasteiger partial charge in [-0.3, -0.25) is 4.79 Å². The molecule has 0 spiro atoms. The van der Waals surface area contributed by atoms with Crippen LogP contribution in [0.2, 0.25) is 0 Å². The Morgan fingerprint density at radius 2 is 2.12 bits per heavy atom. The number of carbonyl (C=O) groups is 1. The van der Waals surface area contributed by atoms with Crippen LogP contribution >= 0.6 is 0 Å². The third-order valence-corrected chi connectivity index (χ3v) is 2.24. The average molecular weight is 217 g/mol. The molecule has 0 saturated heterocycles. The molecule has 16 heavy (non-hydrogen) atoms. The summed E-state index contributed by atoms with van der Waals surface area (Å²) in [6.45, 7) is 2.07. The van der Waals surface area contributed by atoms with Gasteiger partial charge in [-0.15, -0.1) is 0 Å². The van der Waals surface area contributed by atoms with Gasteiger partial charge >= 0.3 is 0 Å². The zero-order chi connectivity index (χ0) is 12.0. The van der Waals surface area contributed by atoms with Gasteiger partial charge in [-0.05, 0) is 12.5 Å². The highest BCUT2D eigenvalue weighted by atomic mass is 16.2. The van der Waals surface area contributed by atoms with E-state index in [-0.39, 0.29) is 11.8 Å². The Hall–Kier alpha value is -1.86. The first-order chi connectivity index (χ1) is 7.65. The number of hydrogen-bond acceptors (Lipinski definition) is 3. The Morgan fingerprint density at radius 3 is 2.69 bits per heavy atom. The van der Waals surface area contributed by atoms with E-state index in [9.17, 15) is 4.79 Å². The van der Waals surface area contributed by atoms with Gasteiger partial charge in [-0.2, -0.15) is 5.26 Å². The van der Waals surface area contributed by atoms with Gasteiger partial charge in [0.2, 0.25) is 5.91 Å². The molecule has 0 aromatic heterocycles. The first kappa shape index (κ1) is 12.2. The standard InChI is InChI=1S/C12H15N3O/c1-9(7-13)8-15-12(16)11(14)10-5-3-2-4-6-10/h2-6,9,11H,8,14H2,1H3,(H,15,16)/t9?,11-/m1/s1. The predicted octanol–water partition coefficient (Wildman–Crippen LogP) is 0.962. The van der Waals surface area contributed by atoms with Crippen LogP contribution in [0.3, 0.4) is 0 Å². The molecular formula is C12H15N3O. The van der Waals surface area contributed by atoms with E-state index in [1.165, 1.54) is 0 Å². The molecule has 0 saturated carbocycles. The molecule has 3 N–H and O–H groups in total. The number of nitriles is 1. The lowest BCUT2D eigenvalue weighted by molar-refractivity contribution is -0.122. The molecule has 0 fully saturated rings. The second kappa shape index (κ2) is 5.89. The number of benzene rings is 1. The van der Waals surface area contributed by atoms with E-state index < -0.39 is 6.04 Å². The molecule has 84 valence electrons. The number of rotatable bonds is 4. The molecule has 4 heteroatoms. The summed E-state index contributed by atoms with van der Waals surface area (Å²) in [5, 5.41) is 11.2. The molecule has 0 radical (unpaired) electrons. The maximum absolute atomic E-state index is 11.6. The molecule has 0 aliphatic carbocycles. The second-order valence-electron chi connectivity index (χ2n) is 3.66. The number of hydrogen-bond donors (Lipinski definition) is 2. The maximum atomic E-state index is 11.6. The van der Waals surface area contributed by atoms with Crippen LogP contribution in [0.5, 0.6) is 0 Å². The molecule has 2 atom stereocenters. The molecule has 0 heterocycles. The molecular weight excluding hydrogens is 202 g/mol. The molecule has 0 bridgehead atoms. The summed E-state index contributed by atoms with van der Waals surface area (Å²) in [7, 11) is 0. The fourth-order valence-electron chi connectivity index (χ4n) is 1.22. The first-order valence-electron chi connectivity index (χ1n) is 5.13. The molecule has 1 rings (SSSR count). The predicted molar refractivity (Wildman–Crippen MR) is 61.2 cm³/mol. The third kappa shape index (κ3) is 3.37. The highest BCUT2D eigenvalue weighted by Crippen LogP contribution is 2.09. The van der Waals surface area contributed by atoms with Crippen molar-refractivity contribution in [2.24, 2.45) is 11.7 Å². The number of nitrogens with zero attached hydrogens (tertiary/aromatic N) is 1. The fourth-order valence-corrected chi connectivity index (χ4v) is 1.22. The van der Waals surface area contributed by atoms with E-state index >= 15 is 0 Å². The van der Waals surface area contributed by atoms with Crippen LogP contribution in [0, 0.1) is 17.2 Å². The van der Waals surface area contributed by atoms with Crippen LogP contribution in [0.1, 0.15) is 18.5 Å². The lowest BCUT2D eigenvalue weighted by Gasteiger charge is -2.12. The Kier molecular flexibility index (Phi) is 4.49. The smallest absolute Gasteiger partial charge is 0.241 e. The van der Waals surface area contributed by atoms with Gasteiger partial charge in [-0.25, -0.2) is 0 Å². The molecule has 1 unspecified atom stereocenters. The van der Waals surface area contributed by atoms with E-state index in [4.69, 9.17) is 11.0 Å². The Balaban J connectivity index is 2.53. The number of nitrogens with two attached hydrogens (primary N) is 1. The third-order valence-electron chi connectivity index (χ3n) is 2.24. The highest BCUT2D eigenvalue weighted by molar-refractivity contribution is 5.82. The zero-order valence-electron chi connectivity index (χ0n) is 9.18. The van der Waals surface area contributed by atoms with Gasteiger partial charge in [0.1, 0.15) is 6.04 Å². The number of amides is 1. The molecule has 1 amide bonds. The summed E-state index contributed by atoms with van der Waals surface area (Å²) in [5.74, 6) is -0.458. The summed E-state index contributed by atoms with van der Waals surface area (Å²) in [5.41, 5.74) is 6.54. The van der Waals surface area contributed by atoms with Crippen molar-refractivity contribution < 1.29 is 4.79 Å². The SMILES string of the molecule is CC(C#N)CNC(=O)[C@H](N)c1ccccc1. The van der Waals surface area contributed by atoms with Crippen molar-refractivity contribution in [1.29, 1.82) is 5.26 Å². The van der Waals surface area contributed by atoms with Crippen molar-refractivity contribution >= 4 is 5.91 Å². The molecule has 0 aliphatic heterocycles. The minimum atomic E-state index is -0.674. The fraction of sp³-hybridized carbons (Fsp3) is 0.333. The van der Waals surface area contributed by atoms with Crippen LogP contribution < -0.4 is 11.1 Å². The van der Waals surface area contributed by atoms with Crippen LogP contribution in [-0.4, -0.2) is 12.5 Å². The van der Waals surface area contributed by atoms with E-state index in [0.29, 0.717) is 6.54 Å². The van der Waals surface area contributed by atoms with Crippen molar-refractivity contribution in [2.75, 3.05) is 6.54 Å². The molecule has 1 aromatic rings. The normalized spacial score (nSPS) is 13.6. The average Bonchev–Trinajstić information content (AvgIpc) is 2.35. The highest BCUT2D eigenvalue weighted by Gasteiger charge is 2.15. The molecule has 1 aromatic carbocycles. The number of nitrogens with one attached hydrogen (secondary N) is 1. The van der Waals surface area contributed by atoms with Gasteiger partial charge in [0.05, 0.1) is 12.0 Å². The Bertz CT molecular complexity index is 383. The number of carbonyl (C=O) groups excluding carboxylic acids is 1. The first-order valence-corrected chi connectivity index (χ1v) is 5.13. The summed E-state index contributed by atoms with van der Waals surface area (Å²) in [4.78, 5) is 11.6. The molecule has 0 aliphatic rings. The van der Waals surface area contributed by atoms with Crippen molar-refractivity contribution in [2.45, 2.75) is 13.0 Å². The van der Waals surface area contributed by atoms with Crippen molar-refractivity contribution in [1.82, 2.24) is 5.32 Å². The van der Waals surface area contributed by atoms with Crippen molar-refractivity contribution in [3.63, 3.8) is 0 Å². The monoisotopic (exact) mass is 217 g/mol. The topological polar surface area (TPSA) is 78.9 Å².